The van der Waals surface area contributed by atoms with Crippen molar-refractivity contribution >= 4 is 20.7 Å². The summed E-state index contributed by atoms with van der Waals surface area (Å²) in [5.41, 5.74) is 3.82. The van der Waals surface area contributed by atoms with Crippen molar-refractivity contribution in [3.05, 3.63) is 66.4 Å². The number of benzene rings is 2. The average molecular weight is 438 g/mol. The fourth-order valence-corrected chi connectivity index (χ4v) is 6.20. The van der Waals surface area contributed by atoms with Crippen LogP contribution < -0.4 is 0 Å². The van der Waals surface area contributed by atoms with Crippen LogP contribution in [0, 0.1) is 11.8 Å². The van der Waals surface area contributed by atoms with Gasteiger partial charge in [0.1, 0.15) is 0 Å². The highest BCUT2D eigenvalue weighted by atomic mass is 32.2. The second kappa shape index (κ2) is 8.82. The molecule has 0 saturated heterocycles. The van der Waals surface area contributed by atoms with Crippen molar-refractivity contribution in [2.24, 2.45) is 11.8 Å². The molecule has 31 heavy (non-hydrogen) atoms. The van der Waals surface area contributed by atoms with Crippen LogP contribution in [0.15, 0.2) is 60.8 Å². The maximum Gasteiger partial charge on any atom is 0.155 e. The van der Waals surface area contributed by atoms with Crippen LogP contribution in [-0.4, -0.2) is 23.5 Å². The van der Waals surface area contributed by atoms with Gasteiger partial charge in [0.2, 0.25) is 0 Å². The molecule has 0 atom stereocenters. The number of nitrogens with zero attached hydrogens (tertiary/aromatic N) is 1. The van der Waals surface area contributed by atoms with Crippen molar-refractivity contribution < 1.29 is 8.42 Å². The quantitative estimate of drug-likeness (QED) is 0.437. The lowest BCUT2D eigenvalue weighted by Crippen LogP contribution is -2.34. The largest absolute Gasteiger partial charge is 0.317 e. The molecule has 4 rings (SSSR count). The van der Waals surface area contributed by atoms with Gasteiger partial charge in [-0.1, -0.05) is 43.2 Å². The topological polar surface area (TPSA) is 39.1 Å². The smallest absolute Gasteiger partial charge is 0.155 e. The first-order valence-electron chi connectivity index (χ1n) is 11.6. The monoisotopic (exact) mass is 437 g/mol. The molecule has 1 aliphatic rings. The lowest BCUT2D eigenvalue weighted by atomic mass is 9.80. The first kappa shape index (κ1) is 22.1. The van der Waals surface area contributed by atoms with Crippen LogP contribution in [-0.2, 0) is 16.3 Å². The Morgan fingerprint density at radius 2 is 1.52 bits per heavy atom. The third kappa shape index (κ3) is 5.06. The van der Waals surface area contributed by atoms with Crippen LogP contribution in [0.2, 0.25) is 0 Å². The van der Waals surface area contributed by atoms with Crippen molar-refractivity contribution in [2.45, 2.75) is 64.0 Å². The number of hydrogen-bond donors (Lipinski definition) is 0. The molecule has 0 bridgehead atoms. The van der Waals surface area contributed by atoms with Crippen LogP contribution in [0.5, 0.6) is 0 Å². The van der Waals surface area contributed by atoms with E-state index in [1.165, 1.54) is 28.6 Å². The van der Waals surface area contributed by atoms with E-state index in [0.717, 1.165) is 38.0 Å². The fourth-order valence-electron chi connectivity index (χ4n) is 4.75. The van der Waals surface area contributed by atoms with Gasteiger partial charge in [-0.05, 0) is 93.5 Å². The molecule has 0 unspecified atom stereocenters. The molecule has 0 radical (unpaired) electrons. The lowest BCUT2D eigenvalue weighted by molar-refractivity contribution is 0.278. The van der Waals surface area contributed by atoms with E-state index in [4.69, 9.17) is 0 Å². The van der Waals surface area contributed by atoms with E-state index in [1.807, 2.05) is 20.8 Å². The van der Waals surface area contributed by atoms with E-state index in [-0.39, 0.29) is 0 Å². The van der Waals surface area contributed by atoms with Crippen LogP contribution in [0.1, 0.15) is 58.4 Å². The van der Waals surface area contributed by atoms with Crippen LogP contribution >= 0.6 is 0 Å². The number of fused-ring (bicyclic) bond motifs is 1. The molecule has 2 aromatic carbocycles. The molecule has 3 aromatic rings. The summed E-state index contributed by atoms with van der Waals surface area (Å²) >= 11 is 0. The van der Waals surface area contributed by atoms with E-state index in [2.05, 4.69) is 65.4 Å². The van der Waals surface area contributed by atoms with Gasteiger partial charge < -0.3 is 4.57 Å². The molecular weight excluding hydrogens is 402 g/mol. The van der Waals surface area contributed by atoms with E-state index in [1.54, 1.807) is 0 Å². The van der Waals surface area contributed by atoms with Crippen molar-refractivity contribution in [1.29, 1.82) is 0 Å². The maximum atomic E-state index is 12.5. The highest BCUT2D eigenvalue weighted by Crippen LogP contribution is 2.34. The number of aryl methyl sites for hydroxylation is 1. The number of aromatic nitrogens is 1. The van der Waals surface area contributed by atoms with Gasteiger partial charge in [0.15, 0.2) is 9.84 Å². The van der Waals surface area contributed by atoms with Gasteiger partial charge in [-0.2, -0.15) is 0 Å². The molecule has 0 spiro atoms. The first-order valence-corrected chi connectivity index (χ1v) is 13.3. The second-order valence-electron chi connectivity index (χ2n) is 10.2. The minimum atomic E-state index is -3.01. The van der Waals surface area contributed by atoms with E-state index in [0.29, 0.717) is 11.7 Å². The molecule has 0 N–H and O–H groups in total. The zero-order valence-corrected chi connectivity index (χ0v) is 19.9. The number of sulfone groups is 1. The Morgan fingerprint density at radius 1 is 0.871 bits per heavy atom. The standard InChI is InChI=1S/C27H35NO2S/c1-27(2,3)31(29,30)20-23-12-10-21(11-13-23)8-9-22-14-16-25(17-15-22)28-19-18-24-6-4-5-7-26(24)28/h4-7,14-19,21,23H,8-13,20H2,1-3H3. The lowest BCUT2D eigenvalue weighted by Gasteiger charge is -2.30. The van der Waals surface area contributed by atoms with Crippen molar-refractivity contribution in [3.8, 4) is 5.69 Å². The van der Waals surface area contributed by atoms with E-state index < -0.39 is 14.6 Å². The summed E-state index contributed by atoms with van der Waals surface area (Å²) in [5, 5.41) is 1.26. The van der Waals surface area contributed by atoms with Gasteiger partial charge >= 0.3 is 0 Å². The number of rotatable bonds is 6. The Hall–Kier alpha value is -2.07. The van der Waals surface area contributed by atoms with Gasteiger partial charge in [-0.3, -0.25) is 0 Å². The third-order valence-corrected chi connectivity index (χ3v) is 9.79. The van der Waals surface area contributed by atoms with Crippen molar-refractivity contribution in [2.75, 3.05) is 5.75 Å². The van der Waals surface area contributed by atoms with Crippen molar-refractivity contribution in [3.63, 3.8) is 0 Å². The Morgan fingerprint density at radius 3 is 2.19 bits per heavy atom. The Bertz CT molecular complexity index is 1110. The molecular formula is C27H35NO2S. The van der Waals surface area contributed by atoms with Crippen molar-refractivity contribution in [1.82, 2.24) is 4.57 Å². The first-order chi connectivity index (χ1) is 14.7. The fraction of sp³-hybridized carbons (Fsp3) is 0.481. The average Bonchev–Trinajstić information content (AvgIpc) is 3.17. The van der Waals surface area contributed by atoms with Crippen LogP contribution in [0.25, 0.3) is 16.6 Å². The zero-order chi connectivity index (χ0) is 22.1. The van der Waals surface area contributed by atoms with E-state index >= 15 is 0 Å². The molecule has 1 heterocycles. The van der Waals surface area contributed by atoms with Gasteiger partial charge in [0.25, 0.3) is 0 Å². The molecule has 1 fully saturated rings. The Kier molecular flexibility index (Phi) is 6.30. The molecule has 4 heteroatoms. The van der Waals surface area contributed by atoms with E-state index in [9.17, 15) is 8.42 Å². The van der Waals surface area contributed by atoms with Gasteiger partial charge in [0.05, 0.1) is 16.0 Å². The van der Waals surface area contributed by atoms with Crippen LogP contribution in [0.3, 0.4) is 0 Å². The maximum absolute atomic E-state index is 12.5. The van der Waals surface area contributed by atoms with Gasteiger partial charge in [-0.25, -0.2) is 8.42 Å². The molecule has 3 nitrogen and oxygen atoms in total. The van der Waals surface area contributed by atoms with Gasteiger partial charge in [0, 0.05) is 11.9 Å². The summed E-state index contributed by atoms with van der Waals surface area (Å²) in [7, 11) is -3.01. The predicted molar refractivity (Wildman–Crippen MR) is 131 cm³/mol. The Balaban J connectivity index is 1.29. The molecule has 0 aliphatic heterocycles. The molecule has 0 amide bonds. The summed E-state index contributed by atoms with van der Waals surface area (Å²) in [6, 6.07) is 19.6. The minimum Gasteiger partial charge on any atom is -0.317 e. The number of para-hydroxylation sites is 1. The minimum absolute atomic E-state index is 0.344. The predicted octanol–water partition coefficient (Wildman–Crippen LogP) is 6.58. The SMILES string of the molecule is CC(C)(C)S(=O)(=O)CC1CCC(CCc2ccc(-n3ccc4ccccc43)cc2)CC1. The van der Waals surface area contributed by atoms with Gasteiger partial charge in [-0.15, -0.1) is 0 Å². The summed E-state index contributed by atoms with van der Waals surface area (Å²) in [6.07, 6.45) is 8.87. The highest BCUT2D eigenvalue weighted by molar-refractivity contribution is 7.92. The molecule has 1 aliphatic carbocycles. The molecule has 1 saturated carbocycles. The summed E-state index contributed by atoms with van der Waals surface area (Å²) in [4.78, 5) is 0. The van der Waals surface area contributed by atoms with Crippen LogP contribution in [0.4, 0.5) is 0 Å². The summed E-state index contributed by atoms with van der Waals surface area (Å²) in [5.74, 6) is 1.43. The summed E-state index contributed by atoms with van der Waals surface area (Å²) < 4.78 is 26.6. The number of hydrogen-bond acceptors (Lipinski definition) is 2. The second-order valence-corrected chi connectivity index (χ2v) is 13.0. The molecule has 1 aromatic heterocycles. The molecule has 166 valence electrons. The summed E-state index contributed by atoms with van der Waals surface area (Å²) in [6.45, 7) is 5.45. The Labute approximate surface area is 187 Å². The normalized spacial score (nSPS) is 20.2. The zero-order valence-electron chi connectivity index (χ0n) is 19.0. The third-order valence-electron chi connectivity index (χ3n) is 7.01. The highest BCUT2D eigenvalue weighted by Gasteiger charge is 2.33.